The highest BCUT2D eigenvalue weighted by molar-refractivity contribution is 9.11. The van der Waals surface area contributed by atoms with E-state index >= 15 is 0 Å². The molecule has 20 heavy (non-hydrogen) atoms. The quantitative estimate of drug-likeness (QED) is 0.778. The Bertz CT molecular complexity index is 499. The van der Waals surface area contributed by atoms with Gasteiger partial charge in [0.2, 0.25) is 5.91 Å². The first kappa shape index (κ1) is 16.0. The van der Waals surface area contributed by atoms with Crippen LogP contribution in [0, 0.1) is 5.41 Å². The zero-order valence-corrected chi connectivity index (χ0v) is 14.5. The molecule has 0 bridgehead atoms. The van der Waals surface area contributed by atoms with Gasteiger partial charge in [0, 0.05) is 21.4 Å². The number of halogens is 2. The molecule has 2 rings (SSSR count). The van der Waals surface area contributed by atoms with Crippen molar-refractivity contribution < 1.29 is 4.79 Å². The lowest BCUT2D eigenvalue weighted by Crippen LogP contribution is -2.29. The van der Waals surface area contributed by atoms with Gasteiger partial charge in [0.15, 0.2) is 0 Å². The van der Waals surface area contributed by atoms with E-state index in [1.165, 1.54) is 12.8 Å². The third-order valence-electron chi connectivity index (χ3n) is 4.22. The molecule has 1 atom stereocenters. The first-order valence-electron chi connectivity index (χ1n) is 6.91. The smallest absolute Gasteiger partial charge is 0.217 e. The summed E-state index contributed by atoms with van der Waals surface area (Å²) >= 11 is 7.04. The van der Waals surface area contributed by atoms with Crippen LogP contribution in [0.3, 0.4) is 0 Å². The molecular weight excluding hydrogens is 384 g/mol. The molecule has 4 N–H and O–H groups in total. The van der Waals surface area contributed by atoms with E-state index in [1.807, 2.05) is 18.2 Å². The van der Waals surface area contributed by atoms with Crippen LogP contribution in [0.4, 0.5) is 0 Å². The van der Waals surface area contributed by atoms with E-state index in [0.29, 0.717) is 6.42 Å². The molecule has 1 saturated carbocycles. The zero-order chi connectivity index (χ0) is 14.8. The van der Waals surface area contributed by atoms with Gasteiger partial charge in [-0.1, -0.05) is 44.7 Å². The number of benzene rings is 1. The molecule has 0 heterocycles. The lowest BCUT2D eigenvalue weighted by Gasteiger charge is -2.31. The lowest BCUT2D eigenvalue weighted by atomic mass is 9.76. The Balaban J connectivity index is 2.18. The molecule has 1 amide bonds. The first-order valence-corrected chi connectivity index (χ1v) is 8.49. The van der Waals surface area contributed by atoms with E-state index in [4.69, 9.17) is 11.5 Å². The van der Waals surface area contributed by atoms with E-state index in [1.54, 1.807) is 0 Å². The molecule has 0 spiro atoms. The van der Waals surface area contributed by atoms with Crippen molar-refractivity contribution in [2.45, 2.75) is 44.6 Å². The number of carbonyl (C=O) groups excluding carboxylic acids is 1. The fourth-order valence-corrected chi connectivity index (χ4v) is 4.24. The Labute approximate surface area is 136 Å². The molecule has 0 radical (unpaired) electrons. The molecule has 110 valence electrons. The average molecular weight is 404 g/mol. The van der Waals surface area contributed by atoms with Gasteiger partial charge < -0.3 is 11.5 Å². The standard InChI is InChI=1S/C15H20Br2N2O/c16-10-3-4-12(17)11(7-10)13(18)8-15(9-14(19)20)5-1-2-6-15/h3-4,7,13H,1-2,5-6,8-9,18H2,(H2,19,20). The van der Waals surface area contributed by atoms with Gasteiger partial charge in [-0.2, -0.15) is 0 Å². The summed E-state index contributed by atoms with van der Waals surface area (Å²) in [6.45, 7) is 0. The Morgan fingerprint density at radius 2 is 1.95 bits per heavy atom. The summed E-state index contributed by atoms with van der Waals surface area (Å²) in [6.07, 6.45) is 5.70. The van der Waals surface area contributed by atoms with Gasteiger partial charge in [-0.3, -0.25) is 4.79 Å². The first-order chi connectivity index (χ1) is 9.42. The molecule has 1 aliphatic carbocycles. The molecule has 0 aromatic heterocycles. The lowest BCUT2D eigenvalue weighted by molar-refractivity contribution is -0.120. The van der Waals surface area contributed by atoms with Crippen LogP contribution < -0.4 is 11.5 Å². The second-order valence-corrected chi connectivity index (χ2v) is 7.60. The fraction of sp³-hybridized carbons (Fsp3) is 0.533. The van der Waals surface area contributed by atoms with E-state index in [-0.39, 0.29) is 17.4 Å². The zero-order valence-electron chi connectivity index (χ0n) is 11.4. The highest BCUT2D eigenvalue weighted by Gasteiger charge is 2.37. The summed E-state index contributed by atoms with van der Waals surface area (Å²) in [4.78, 5) is 11.4. The van der Waals surface area contributed by atoms with Gasteiger partial charge >= 0.3 is 0 Å². The average Bonchev–Trinajstić information content (AvgIpc) is 2.79. The maximum Gasteiger partial charge on any atom is 0.217 e. The van der Waals surface area contributed by atoms with Crippen molar-refractivity contribution in [1.29, 1.82) is 0 Å². The largest absolute Gasteiger partial charge is 0.370 e. The molecule has 1 aliphatic rings. The van der Waals surface area contributed by atoms with E-state index in [9.17, 15) is 4.79 Å². The molecule has 1 aromatic rings. The van der Waals surface area contributed by atoms with Crippen LogP contribution >= 0.6 is 31.9 Å². The number of amides is 1. The third-order valence-corrected chi connectivity index (χ3v) is 5.44. The summed E-state index contributed by atoms with van der Waals surface area (Å²) < 4.78 is 2.03. The molecule has 0 aliphatic heterocycles. The van der Waals surface area contributed by atoms with Crippen molar-refractivity contribution in [2.24, 2.45) is 16.9 Å². The second-order valence-electron chi connectivity index (χ2n) is 5.83. The maximum atomic E-state index is 11.4. The number of rotatable bonds is 5. The van der Waals surface area contributed by atoms with Gasteiger partial charge in [-0.05, 0) is 48.4 Å². The van der Waals surface area contributed by atoms with Crippen molar-refractivity contribution in [2.75, 3.05) is 0 Å². The van der Waals surface area contributed by atoms with Gasteiger partial charge in [0.1, 0.15) is 0 Å². The van der Waals surface area contributed by atoms with Crippen LogP contribution in [-0.4, -0.2) is 5.91 Å². The second kappa shape index (κ2) is 6.58. The predicted molar refractivity (Wildman–Crippen MR) is 88.1 cm³/mol. The van der Waals surface area contributed by atoms with Crippen LogP contribution in [0.15, 0.2) is 27.1 Å². The highest BCUT2D eigenvalue weighted by Crippen LogP contribution is 2.47. The topological polar surface area (TPSA) is 69.1 Å². The van der Waals surface area contributed by atoms with Crippen molar-refractivity contribution in [3.05, 3.63) is 32.7 Å². The van der Waals surface area contributed by atoms with Crippen LogP contribution in [0.25, 0.3) is 0 Å². The SMILES string of the molecule is NC(=O)CC1(CC(N)c2cc(Br)ccc2Br)CCCC1. The Morgan fingerprint density at radius 1 is 1.30 bits per heavy atom. The number of hydrogen-bond donors (Lipinski definition) is 2. The molecule has 5 heteroatoms. The highest BCUT2D eigenvalue weighted by atomic mass is 79.9. The van der Waals surface area contributed by atoms with Crippen LogP contribution in [0.5, 0.6) is 0 Å². The summed E-state index contributed by atoms with van der Waals surface area (Å²) in [5.41, 5.74) is 12.9. The fourth-order valence-electron chi connectivity index (χ4n) is 3.32. The van der Waals surface area contributed by atoms with E-state index in [0.717, 1.165) is 33.8 Å². The number of hydrogen-bond acceptors (Lipinski definition) is 2. The molecule has 1 aromatic carbocycles. The number of nitrogens with two attached hydrogens (primary N) is 2. The minimum absolute atomic E-state index is 0.00694. The summed E-state index contributed by atoms with van der Waals surface area (Å²) in [5, 5.41) is 0. The van der Waals surface area contributed by atoms with E-state index in [2.05, 4.69) is 31.9 Å². The normalized spacial score (nSPS) is 18.9. The Kier molecular flexibility index (Phi) is 5.26. The molecular formula is C15H20Br2N2O. The predicted octanol–water partition coefficient (Wildman–Crippen LogP) is 4.04. The van der Waals surface area contributed by atoms with Crippen LogP contribution in [-0.2, 0) is 4.79 Å². The minimum atomic E-state index is -0.215. The van der Waals surface area contributed by atoms with E-state index < -0.39 is 0 Å². The van der Waals surface area contributed by atoms with Crippen molar-refractivity contribution >= 4 is 37.8 Å². The van der Waals surface area contributed by atoms with Crippen molar-refractivity contribution in [3.8, 4) is 0 Å². The summed E-state index contributed by atoms with van der Waals surface area (Å²) in [6, 6.07) is 5.94. The number of primary amides is 1. The third kappa shape index (κ3) is 3.83. The Morgan fingerprint density at radius 3 is 2.55 bits per heavy atom. The summed E-state index contributed by atoms with van der Waals surface area (Å²) in [5.74, 6) is -0.215. The molecule has 1 unspecified atom stereocenters. The minimum Gasteiger partial charge on any atom is -0.370 e. The number of carbonyl (C=O) groups is 1. The van der Waals surface area contributed by atoms with Crippen molar-refractivity contribution in [3.63, 3.8) is 0 Å². The van der Waals surface area contributed by atoms with Crippen LogP contribution in [0.1, 0.15) is 50.1 Å². The van der Waals surface area contributed by atoms with Gasteiger partial charge in [0.05, 0.1) is 0 Å². The monoisotopic (exact) mass is 402 g/mol. The van der Waals surface area contributed by atoms with Crippen LogP contribution in [0.2, 0.25) is 0 Å². The van der Waals surface area contributed by atoms with Gasteiger partial charge in [-0.25, -0.2) is 0 Å². The summed E-state index contributed by atoms with van der Waals surface area (Å²) in [7, 11) is 0. The maximum absolute atomic E-state index is 11.4. The Hall–Kier alpha value is -0.390. The van der Waals surface area contributed by atoms with Gasteiger partial charge in [0.25, 0.3) is 0 Å². The molecule has 3 nitrogen and oxygen atoms in total. The van der Waals surface area contributed by atoms with Gasteiger partial charge in [-0.15, -0.1) is 0 Å². The molecule has 0 saturated heterocycles. The van der Waals surface area contributed by atoms with Crippen molar-refractivity contribution in [1.82, 2.24) is 0 Å². The molecule has 1 fully saturated rings.